The Morgan fingerprint density at radius 3 is 2.58 bits per heavy atom. The van der Waals surface area contributed by atoms with Crippen molar-refractivity contribution in [3.8, 4) is 0 Å². The molecule has 0 saturated heterocycles. The summed E-state index contributed by atoms with van der Waals surface area (Å²) in [5.41, 5.74) is 0.880. The van der Waals surface area contributed by atoms with Crippen molar-refractivity contribution in [3.63, 3.8) is 0 Å². The summed E-state index contributed by atoms with van der Waals surface area (Å²) < 4.78 is 4.92. The molecule has 0 fully saturated rings. The highest BCUT2D eigenvalue weighted by Gasteiger charge is 2.17. The molecule has 0 bridgehead atoms. The van der Waals surface area contributed by atoms with Crippen LogP contribution < -0.4 is 0 Å². The number of nitrogens with zero attached hydrogens (tertiary/aromatic N) is 2. The topological polar surface area (TPSA) is 89.8 Å². The van der Waals surface area contributed by atoms with Crippen molar-refractivity contribution in [2.45, 2.75) is 13.5 Å². The van der Waals surface area contributed by atoms with Crippen LogP contribution in [0, 0.1) is 10.1 Å². The molecule has 0 unspecified atom stereocenters. The molecule has 0 atom stereocenters. The van der Waals surface area contributed by atoms with Crippen LogP contribution in [0.3, 0.4) is 0 Å². The van der Waals surface area contributed by atoms with Gasteiger partial charge in [0.25, 0.3) is 0 Å². The highest BCUT2D eigenvalue weighted by molar-refractivity contribution is 7.16. The Morgan fingerprint density at radius 1 is 1.23 bits per heavy atom. The molecular formula is C18H18N2O5S. The third-order valence-corrected chi connectivity index (χ3v) is 4.34. The minimum Gasteiger partial charge on any atom is -0.465 e. The van der Waals surface area contributed by atoms with Gasteiger partial charge in [-0.1, -0.05) is 41.7 Å². The van der Waals surface area contributed by atoms with Gasteiger partial charge >= 0.3 is 11.0 Å². The summed E-state index contributed by atoms with van der Waals surface area (Å²) >= 11 is 0.972. The van der Waals surface area contributed by atoms with Gasteiger partial charge in [-0.2, -0.15) is 0 Å². The Balaban J connectivity index is 2.11. The maximum atomic E-state index is 12.5. The van der Waals surface area contributed by atoms with Crippen molar-refractivity contribution in [3.05, 3.63) is 69.1 Å². The van der Waals surface area contributed by atoms with E-state index in [1.54, 1.807) is 13.0 Å². The quantitative estimate of drug-likeness (QED) is 0.306. The van der Waals surface area contributed by atoms with E-state index in [0.717, 1.165) is 16.9 Å². The Labute approximate surface area is 154 Å². The van der Waals surface area contributed by atoms with Crippen LogP contribution in [0.2, 0.25) is 0 Å². The molecular weight excluding hydrogens is 356 g/mol. The van der Waals surface area contributed by atoms with E-state index < -0.39 is 10.9 Å². The predicted octanol–water partition coefficient (Wildman–Crippen LogP) is 3.26. The zero-order valence-electron chi connectivity index (χ0n) is 14.2. The lowest BCUT2D eigenvalue weighted by molar-refractivity contribution is -0.380. The number of nitro groups is 1. The molecule has 1 aromatic carbocycles. The molecule has 8 heteroatoms. The average molecular weight is 374 g/mol. The molecule has 0 aliphatic carbocycles. The highest BCUT2D eigenvalue weighted by Crippen LogP contribution is 2.24. The third kappa shape index (κ3) is 5.82. The van der Waals surface area contributed by atoms with E-state index in [0.29, 0.717) is 4.88 Å². The second kappa shape index (κ2) is 9.47. The maximum absolute atomic E-state index is 12.5. The molecule has 0 saturated carbocycles. The smallest absolute Gasteiger partial charge is 0.325 e. The predicted molar refractivity (Wildman–Crippen MR) is 98.5 cm³/mol. The summed E-state index contributed by atoms with van der Waals surface area (Å²) in [7, 11) is 0. The van der Waals surface area contributed by atoms with Gasteiger partial charge in [-0.25, -0.2) is 0 Å². The summed E-state index contributed by atoms with van der Waals surface area (Å²) in [5.74, 6) is -0.866. The molecule has 0 N–H and O–H groups in total. The molecule has 1 amide bonds. The SMILES string of the molecule is CCOC(=O)CN(Cc1ccccc1)C(=O)/C=C/c1ccc([N+](=O)[O-])s1. The van der Waals surface area contributed by atoms with Gasteiger partial charge in [-0.3, -0.25) is 19.7 Å². The third-order valence-electron chi connectivity index (χ3n) is 3.34. The number of hydrogen-bond acceptors (Lipinski definition) is 6. The van der Waals surface area contributed by atoms with Crippen LogP contribution in [0.25, 0.3) is 6.08 Å². The van der Waals surface area contributed by atoms with Crippen LogP contribution in [0.15, 0.2) is 48.5 Å². The lowest BCUT2D eigenvalue weighted by Crippen LogP contribution is -2.34. The Bertz CT molecular complexity index is 801. The number of rotatable bonds is 8. The van der Waals surface area contributed by atoms with Crippen molar-refractivity contribution in [2.75, 3.05) is 13.2 Å². The average Bonchev–Trinajstić information content (AvgIpc) is 3.09. The molecule has 7 nitrogen and oxygen atoms in total. The zero-order chi connectivity index (χ0) is 18.9. The van der Waals surface area contributed by atoms with Crippen molar-refractivity contribution in [1.29, 1.82) is 0 Å². The first-order valence-electron chi connectivity index (χ1n) is 7.90. The van der Waals surface area contributed by atoms with Crippen LogP contribution in [0.5, 0.6) is 0 Å². The number of esters is 1. The van der Waals surface area contributed by atoms with Gasteiger partial charge in [-0.15, -0.1) is 0 Å². The second-order valence-corrected chi connectivity index (χ2v) is 6.35. The summed E-state index contributed by atoms with van der Waals surface area (Å²) in [4.78, 5) is 36.5. The fourth-order valence-electron chi connectivity index (χ4n) is 2.17. The lowest BCUT2D eigenvalue weighted by atomic mass is 10.2. The van der Waals surface area contributed by atoms with Crippen molar-refractivity contribution >= 4 is 34.3 Å². The summed E-state index contributed by atoms with van der Waals surface area (Å²) in [5, 5.41) is 10.7. The number of carbonyl (C=O) groups is 2. The number of thiophene rings is 1. The molecule has 0 radical (unpaired) electrons. The first-order valence-corrected chi connectivity index (χ1v) is 8.72. The van der Waals surface area contributed by atoms with Crippen molar-refractivity contribution in [2.24, 2.45) is 0 Å². The van der Waals surface area contributed by atoms with Gasteiger partial charge in [0.15, 0.2) is 0 Å². The molecule has 0 aliphatic heterocycles. The van der Waals surface area contributed by atoms with Crippen molar-refractivity contribution < 1.29 is 19.2 Å². The number of carbonyl (C=O) groups excluding carboxylic acids is 2. The first kappa shape index (κ1) is 19.3. The van der Waals surface area contributed by atoms with E-state index in [1.807, 2.05) is 30.3 Å². The maximum Gasteiger partial charge on any atom is 0.325 e. The molecule has 26 heavy (non-hydrogen) atoms. The van der Waals surface area contributed by atoms with Gasteiger partial charge < -0.3 is 9.64 Å². The first-order chi connectivity index (χ1) is 12.5. The minimum absolute atomic E-state index is 0.00441. The highest BCUT2D eigenvalue weighted by atomic mass is 32.1. The number of ether oxygens (including phenoxy) is 1. The molecule has 1 heterocycles. The van der Waals surface area contributed by atoms with E-state index in [1.165, 1.54) is 23.1 Å². The van der Waals surface area contributed by atoms with E-state index in [9.17, 15) is 19.7 Å². The molecule has 0 aliphatic rings. The van der Waals surface area contributed by atoms with Crippen LogP contribution in [0.1, 0.15) is 17.4 Å². The van der Waals surface area contributed by atoms with Crippen molar-refractivity contribution in [1.82, 2.24) is 4.90 Å². The lowest BCUT2D eigenvalue weighted by Gasteiger charge is -2.20. The van der Waals surface area contributed by atoms with Crippen LogP contribution >= 0.6 is 11.3 Å². The van der Waals surface area contributed by atoms with Crippen LogP contribution in [-0.2, 0) is 20.9 Å². The van der Waals surface area contributed by atoms with E-state index in [2.05, 4.69) is 0 Å². The van der Waals surface area contributed by atoms with Gasteiger partial charge in [0.1, 0.15) is 6.54 Å². The van der Waals surface area contributed by atoms with Gasteiger partial charge in [0, 0.05) is 23.6 Å². The largest absolute Gasteiger partial charge is 0.465 e. The Kier molecular flexibility index (Phi) is 7.04. The minimum atomic E-state index is -0.489. The summed E-state index contributed by atoms with van der Waals surface area (Å²) in [6.45, 7) is 2.02. The Hall–Kier alpha value is -3.00. The molecule has 1 aromatic heterocycles. The summed E-state index contributed by atoms with van der Waals surface area (Å²) in [6, 6.07) is 12.2. The van der Waals surface area contributed by atoms with E-state index >= 15 is 0 Å². The molecule has 136 valence electrons. The molecule has 2 aromatic rings. The van der Waals surface area contributed by atoms with Crippen LogP contribution in [-0.4, -0.2) is 34.9 Å². The monoisotopic (exact) mass is 374 g/mol. The van der Waals surface area contributed by atoms with Gasteiger partial charge in [0.2, 0.25) is 5.91 Å². The summed E-state index contributed by atoms with van der Waals surface area (Å²) in [6.07, 6.45) is 2.81. The molecule has 0 spiro atoms. The zero-order valence-corrected chi connectivity index (χ0v) is 15.0. The normalized spacial score (nSPS) is 10.7. The van der Waals surface area contributed by atoms with Gasteiger partial charge in [-0.05, 0) is 24.6 Å². The number of benzene rings is 1. The number of amides is 1. The standard InChI is InChI=1S/C18H18N2O5S/c1-2-25-18(22)13-19(12-14-6-4-3-5-7-14)16(21)10-8-15-9-11-17(26-15)20(23)24/h3-11H,2,12-13H2,1H3/b10-8+. The van der Waals surface area contributed by atoms with E-state index in [-0.39, 0.29) is 30.6 Å². The Morgan fingerprint density at radius 2 is 1.96 bits per heavy atom. The van der Waals surface area contributed by atoms with Crippen LogP contribution in [0.4, 0.5) is 5.00 Å². The fourth-order valence-corrected chi connectivity index (χ4v) is 2.89. The van der Waals surface area contributed by atoms with E-state index in [4.69, 9.17) is 4.74 Å². The second-order valence-electron chi connectivity index (χ2n) is 5.25. The fraction of sp³-hybridized carbons (Fsp3) is 0.222. The number of hydrogen-bond donors (Lipinski definition) is 0. The van der Waals surface area contributed by atoms with Gasteiger partial charge in [0.05, 0.1) is 11.5 Å². The molecule has 2 rings (SSSR count).